The van der Waals surface area contributed by atoms with E-state index < -0.39 is 0 Å². The quantitative estimate of drug-likeness (QED) is 0.142. The van der Waals surface area contributed by atoms with Crippen LogP contribution in [0, 0.1) is 0 Å². The molecule has 0 saturated carbocycles. The third kappa shape index (κ3) is 15.1. The molecule has 0 unspecified atom stereocenters. The molecule has 0 amide bonds. The lowest BCUT2D eigenvalue weighted by Crippen LogP contribution is -2.38. The molecule has 1 fully saturated rings. The fraction of sp³-hybridized carbons (Fsp3) is 0.900. The third-order valence-corrected chi connectivity index (χ3v) is 4.77. The monoisotopic (exact) mass is 496 g/mol. The van der Waals surface area contributed by atoms with Crippen molar-refractivity contribution in [2.24, 2.45) is 4.99 Å². The molecule has 6 nitrogen and oxygen atoms in total. The molecule has 0 atom stereocenters. The molecule has 1 aliphatic rings. The number of halogens is 1. The fourth-order valence-electron chi connectivity index (χ4n) is 3.24. The van der Waals surface area contributed by atoms with Crippen LogP contribution in [0.4, 0.5) is 0 Å². The second kappa shape index (κ2) is 18.8. The number of carbonyl (C=O) groups excluding carboxylic acids is 1. The summed E-state index contributed by atoms with van der Waals surface area (Å²) in [5.41, 5.74) is 0. The van der Waals surface area contributed by atoms with Gasteiger partial charge in [0.1, 0.15) is 0 Å². The van der Waals surface area contributed by atoms with Crippen LogP contribution >= 0.6 is 24.0 Å². The highest BCUT2D eigenvalue weighted by Crippen LogP contribution is 2.09. The van der Waals surface area contributed by atoms with Gasteiger partial charge < -0.3 is 20.3 Å². The summed E-state index contributed by atoms with van der Waals surface area (Å²) in [7, 11) is 1.45. The van der Waals surface area contributed by atoms with Gasteiger partial charge in [0.15, 0.2) is 5.96 Å². The topological polar surface area (TPSA) is 66.0 Å². The fourth-order valence-corrected chi connectivity index (χ4v) is 3.24. The molecule has 1 saturated heterocycles. The number of likely N-dealkylation sites (tertiary alicyclic amines) is 1. The lowest BCUT2D eigenvalue weighted by atomic mass is 10.1. The molecule has 0 bridgehead atoms. The van der Waals surface area contributed by atoms with Crippen LogP contribution in [-0.4, -0.2) is 63.2 Å². The van der Waals surface area contributed by atoms with Crippen molar-refractivity contribution in [3.63, 3.8) is 0 Å². The van der Waals surface area contributed by atoms with E-state index in [1.165, 1.54) is 52.4 Å². The summed E-state index contributed by atoms with van der Waals surface area (Å²) >= 11 is 0. The van der Waals surface area contributed by atoms with Gasteiger partial charge in [0.25, 0.3) is 0 Å². The molecular formula is C20H41IN4O2. The molecule has 0 aromatic heterocycles. The van der Waals surface area contributed by atoms with Crippen LogP contribution in [-0.2, 0) is 9.53 Å². The van der Waals surface area contributed by atoms with Crippen molar-refractivity contribution in [3.8, 4) is 0 Å². The predicted molar refractivity (Wildman–Crippen MR) is 124 cm³/mol. The van der Waals surface area contributed by atoms with Gasteiger partial charge in [0, 0.05) is 26.1 Å². The zero-order valence-electron chi connectivity index (χ0n) is 17.4. The van der Waals surface area contributed by atoms with E-state index in [0.29, 0.717) is 6.42 Å². The number of hydrogen-bond donors (Lipinski definition) is 2. The van der Waals surface area contributed by atoms with E-state index in [2.05, 4.69) is 27.2 Å². The number of guanidine groups is 1. The first-order valence-corrected chi connectivity index (χ1v) is 10.6. The molecule has 1 aliphatic heterocycles. The summed E-state index contributed by atoms with van der Waals surface area (Å²) in [6.45, 7) is 8.48. The number of nitrogens with one attached hydrogen (secondary N) is 2. The van der Waals surface area contributed by atoms with Crippen molar-refractivity contribution in [2.45, 2.75) is 71.1 Å². The van der Waals surface area contributed by atoms with Gasteiger partial charge in [-0.25, -0.2) is 0 Å². The van der Waals surface area contributed by atoms with Gasteiger partial charge in [0.2, 0.25) is 0 Å². The van der Waals surface area contributed by atoms with E-state index in [1.54, 1.807) is 0 Å². The zero-order valence-corrected chi connectivity index (χ0v) is 19.8. The smallest absolute Gasteiger partial charge is 0.305 e. The van der Waals surface area contributed by atoms with Crippen molar-refractivity contribution in [1.82, 2.24) is 15.5 Å². The Hall–Kier alpha value is -0.570. The van der Waals surface area contributed by atoms with Gasteiger partial charge in [-0.1, -0.05) is 25.7 Å². The van der Waals surface area contributed by atoms with E-state index in [1.807, 2.05) is 0 Å². The SMILES string of the molecule is CCNC(=NCCCN1CCCCCC1)NCCCCCCC(=O)OC.I. The number of esters is 1. The summed E-state index contributed by atoms with van der Waals surface area (Å²) in [4.78, 5) is 18.3. The first-order chi connectivity index (χ1) is 12.8. The minimum atomic E-state index is -0.107. The third-order valence-electron chi connectivity index (χ3n) is 4.77. The molecule has 160 valence electrons. The number of unbranched alkanes of at least 4 members (excludes halogenated alkanes) is 3. The molecule has 0 aromatic rings. The lowest BCUT2D eigenvalue weighted by Gasteiger charge is -2.19. The standard InChI is InChI=1S/C20H40N4O2.HI/c1-3-21-20(22-14-9-5-4-8-13-19(25)26-2)23-15-12-18-24-16-10-6-7-11-17-24;/h3-18H2,1-2H3,(H2,21,22,23);1H. The summed E-state index contributed by atoms with van der Waals surface area (Å²) < 4.78 is 4.65. The molecule has 27 heavy (non-hydrogen) atoms. The number of hydrogen-bond acceptors (Lipinski definition) is 4. The van der Waals surface area contributed by atoms with Crippen LogP contribution in [0.15, 0.2) is 4.99 Å². The normalized spacial score (nSPS) is 15.6. The maximum atomic E-state index is 11.0. The van der Waals surface area contributed by atoms with Crippen molar-refractivity contribution in [1.29, 1.82) is 0 Å². The minimum absolute atomic E-state index is 0. The van der Waals surface area contributed by atoms with Gasteiger partial charge >= 0.3 is 5.97 Å². The van der Waals surface area contributed by atoms with Gasteiger partial charge in [-0.2, -0.15) is 0 Å². The Morgan fingerprint density at radius 1 is 1.00 bits per heavy atom. The molecule has 7 heteroatoms. The Morgan fingerprint density at radius 3 is 2.37 bits per heavy atom. The average molecular weight is 496 g/mol. The number of carbonyl (C=O) groups is 1. The van der Waals surface area contributed by atoms with Crippen LogP contribution in [0.25, 0.3) is 0 Å². The molecule has 0 aliphatic carbocycles. The summed E-state index contributed by atoms with van der Waals surface area (Å²) in [5, 5.41) is 6.73. The van der Waals surface area contributed by atoms with Gasteiger partial charge in [-0.05, 0) is 58.7 Å². The van der Waals surface area contributed by atoms with Crippen molar-refractivity contribution >= 4 is 35.9 Å². The Balaban J connectivity index is 0.00000676. The highest BCUT2D eigenvalue weighted by molar-refractivity contribution is 14.0. The molecule has 1 heterocycles. The number of ether oxygens (including phenoxy) is 1. The number of rotatable bonds is 12. The molecule has 2 N–H and O–H groups in total. The Kier molecular flexibility index (Phi) is 18.4. The van der Waals surface area contributed by atoms with E-state index in [0.717, 1.165) is 57.7 Å². The average Bonchev–Trinajstić information content (AvgIpc) is 2.92. The maximum Gasteiger partial charge on any atom is 0.305 e. The summed E-state index contributed by atoms with van der Waals surface area (Å²) in [5.74, 6) is 0.822. The van der Waals surface area contributed by atoms with Crippen molar-refractivity contribution in [2.75, 3.05) is 46.4 Å². The van der Waals surface area contributed by atoms with Crippen LogP contribution in [0.1, 0.15) is 71.1 Å². The maximum absolute atomic E-state index is 11.0. The zero-order chi connectivity index (χ0) is 18.9. The van der Waals surface area contributed by atoms with Crippen LogP contribution in [0.5, 0.6) is 0 Å². The Morgan fingerprint density at radius 2 is 1.70 bits per heavy atom. The Bertz CT molecular complexity index is 386. The van der Waals surface area contributed by atoms with Crippen LogP contribution < -0.4 is 10.6 Å². The van der Waals surface area contributed by atoms with Gasteiger partial charge in [-0.15, -0.1) is 24.0 Å². The van der Waals surface area contributed by atoms with Crippen LogP contribution in [0.3, 0.4) is 0 Å². The molecular weight excluding hydrogens is 455 g/mol. The number of aliphatic imine (C=N–C) groups is 1. The Labute approximate surface area is 183 Å². The van der Waals surface area contributed by atoms with Gasteiger partial charge in [-0.3, -0.25) is 9.79 Å². The molecule has 1 rings (SSSR count). The molecule has 0 spiro atoms. The largest absolute Gasteiger partial charge is 0.469 e. The predicted octanol–water partition coefficient (Wildman–Crippen LogP) is 3.55. The van der Waals surface area contributed by atoms with Crippen molar-refractivity contribution in [3.05, 3.63) is 0 Å². The number of methoxy groups -OCH3 is 1. The van der Waals surface area contributed by atoms with E-state index >= 15 is 0 Å². The van der Waals surface area contributed by atoms with E-state index in [9.17, 15) is 4.79 Å². The number of nitrogens with zero attached hydrogens (tertiary/aromatic N) is 2. The minimum Gasteiger partial charge on any atom is -0.469 e. The molecule has 0 radical (unpaired) electrons. The van der Waals surface area contributed by atoms with E-state index in [4.69, 9.17) is 4.99 Å². The first-order valence-electron chi connectivity index (χ1n) is 10.6. The van der Waals surface area contributed by atoms with E-state index in [-0.39, 0.29) is 29.9 Å². The highest BCUT2D eigenvalue weighted by atomic mass is 127. The van der Waals surface area contributed by atoms with Crippen molar-refractivity contribution < 1.29 is 9.53 Å². The second-order valence-corrected chi connectivity index (χ2v) is 7.04. The second-order valence-electron chi connectivity index (χ2n) is 7.04. The highest BCUT2D eigenvalue weighted by Gasteiger charge is 2.08. The summed E-state index contributed by atoms with van der Waals surface area (Å²) in [6.07, 6.45) is 11.4. The molecule has 0 aromatic carbocycles. The first kappa shape index (κ1) is 26.4. The summed E-state index contributed by atoms with van der Waals surface area (Å²) in [6, 6.07) is 0. The van der Waals surface area contributed by atoms with Crippen LogP contribution in [0.2, 0.25) is 0 Å². The van der Waals surface area contributed by atoms with Gasteiger partial charge in [0.05, 0.1) is 7.11 Å². The lowest BCUT2D eigenvalue weighted by molar-refractivity contribution is -0.140.